The molecule has 29 heavy (non-hydrogen) atoms. The number of hydrogen-bond donors (Lipinski definition) is 2. The van der Waals surface area contributed by atoms with Gasteiger partial charge in [0.15, 0.2) is 0 Å². The SMILES string of the molecule is COc1ccccc1CNC(=O)CSCc1nc2sc3c(c2c(=O)[nH]1)CCCC3. The monoisotopic (exact) mass is 429 g/mol. The molecule has 1 aliphatic carbocycles. The number of para-hydroxylation sites is 1. The van der Waals surface area contributed by atoms with Gasteiger partial charge in [0, 0.05) is 17.0 Å². The lowest BCUT2D eigenvalue weighted by Gasteiger charge is -2.10. The number of aromatic nitrogens is 2. The number of H-pyrrole nitrogens is 1. The molecule has 3 aromatic rings. The minimum absolute atomic E-state index is 0.0503. The number of hydrogen-bond acceptors (Lipinski definition) is 6. The maximum absolute atomic E-state index is 12.6. The topological polar surface area (TPSA) is 84.1 Å². The fourth-order valence-electron chi connectivity index (χ4n) is 3.61. The predicted octanol–water partition coefficient (Wildman–Crippen LogP) is 3.42. The molecule has 1 amide bonds. The molecular weight excluding hydrogens is 406 g/mol. The van der Waals surface area contributed by atoms with Crippen LogP contribution in [-0.4, -0.2) is 28.7 Å². The summed E-state index contributed by atoms with van der Waals surface area (Å²) >= 11 is 3.09. The first-order chi connectivity index (χ1) is 14.2. The van der Waals surface area contributed by atoms with E-state index in [0.29, 0.717) is 23.9 Å². The largest absolute Gasteiger partial charge is 0.496 e. The normalized spacial score (nSPS) is 13.3. The molecule has 0 radical (unpaired) electrons. The zero-order valence-corrected chi connectivity index (χ0v) is 17.9. The molecule has 0 spiro atoms. The van der Waals surface area contributed by atoms with Crippen LogP contribution in [0.4, 0.5) is 0 Å². The van der Waals surface area contributed by atoms with Crippen molar-refractivity contribution >= 4 is 39.2 Å². The second kappa shape index (κ2) is 9.00. The van der Waals surface area contributed by atoms with Crippen molar-refractivity contribution in [3.05, 3.63) is 56.4 Å². The molecule has 1 aliphatic rings. The van der Waals surface area contributed by atoms with Crippen molar-refractivity contribution in [2.75, 3.05) is 12.9 Å². The Balaban J connectivity index is 1.34. The molecule has 2 N–H and O–H groups in total. The first-order valence-corrected chi connectivity index (χ1v) is 11.6. The molecule has 1 aromatic carbocycles. The first-order valence-electron chi connectivity index (χ1n) is 9.65. The highest BCUT2D eigenvalue weighted by molar-refractivity contribution is 7.99. The third-order valence-electron chi connectivity index (χ3n) is 5.01. The van der Waals surface area contributed by atoms with E-state index in [1.165, 1.54) is 28.6 Å². The van der Waals surface area contributed by atoms with E-state index in [9.17, 15) is 9.59 Å². The summed E-state index contributed by atoms with van der Waals surface area (Å²) in [7, 11) is 1.62. The molecule has 8 heteroatoms. The molecule has 2 heterocycles. The number of fused-ring (bicyclic) bond motifs is 3. The van der Waals surface area contributed by atoms with Gasteiger partial charge < -0.3 is 15.0 Å². The lowest BCUT2D eigenvalue weighted by molar-refractivity contribution is -0.118. The number of benzene rings is 1. The lowest BCUT2D eigenvalue weighted by Crippen LogP contribution is -2.25. The fourth-order valence-corrected chi connectivity index (χ4v) is 5.61. The van der Waals surface area contributed by atoms with E-state index < -0.39 is 0 Å². The van der Waals surface area contributed by atoms with E-state index in [1.807, 2.05) is 24.3 Å². The van der Waals surface area contributed by atoms with E-state index in [-0.39, 0.29) is 11.5 Å². The van der Waals surface area contributed by atoms with Gasteiger partial charge in [-0.25, -0.2) is 4.98 Å². The van der Waals surface area contributed by atoms with Crippen molar-refractivity contribution in [2.24, 2.45) is 0 Å². The maximum atomic E-state index is 12.6. The number of carbonyl (C=O) groups excluding carboxylic acids is 1. The van der Waals surface area contributed by atoms with Gasteiger partial charge in [-0.1, -0.05) is 18.2 Å². The van der Waals surface area contributed by atoms with Crippen LogP contribution in [0.2, 0.25) is 0 Å². The third kappa shape index (κ3) is 4.48. The van der Waals surface area contributed by atoms with Gasteiger partial charge in [0.25, 0.3) is 5.56 Å². The average Bonchev–Trinajstić information content (AvgIpc) is 3.11. The van der Waals surface area contributed by atoms with E-state index in [4.69, 9.17) is 4.74 Å². The van der Waals surface area contributed by atoms with Crippen molar-refractivity contribution in [1.29, 1.82) is 0 Å². The van der Waals surface area contributed by atoms with E-state index in [1.54, 1.807) is 18.4 Å². The van der Waals surface area contributed by atoms with Crippen LogP contribution >= 0.6 is 23.1 Å². The van der Waals surface area contributed by atoms with Crippen molar-refractivity contribution in [3.8, 4) is 5.75 Å². The summed E-state index contributed by atoms with van der Waals surface area (Å²) in [6.07, 6.45) is 4.34. The Labute approximate surface area is 177 Å². The van der Waals surface area contributed by atoms with Crippen molar-refractivity contribution < 1.29 is 9.53 Å². The minimum Gasteiger partial charge on any atom is -0.496 e. The fraction of sp³-hybridized carbons (Fsp3) is 0.381. The summed E-state index contributed by atoms with van der Waals surface area (Å²) in [6, 6.07) is 7.61. The van der Waals surface area contributed by atoms with E-state index in [0.717, 1.165) is 40.8 Å². The van der Waals surface area contributed by atoms with Crippen molar-refractivity contribution in [1.82, 2.24) is 15.3 Å². The van der Waals surface area contributed by atoms with Gasteiger partial charge >= 0.3 is 0 Å². The number of nitrogens with one attached hydrogen (secondary N) is 2. The third-order valence-corrected chi connectivity index (χ3v) is 7.14. The van der Waals surface area contributed by atoms with Gasteiger partial charge in [0.2, 0.25) is 5.91 Å². The Morgan fingerprint density at radius 3 is 3.00 bits per heavy atom. The molecule has 0 bridgehead atoms. The van der Waals surface area contributed by atoms with Crippen LogP contribution in [0.5, 0.6) is 5.75 Å². The zero-order chi connectivity index (χ0) is 20.2. The zero-order valence-electron chi connectivity index (χ0n) is 16.2. The molecule has 0 saturated carbocycles. The van der Waals surface area contributed by atoms with Crippen molar-refractivity contribution in [3.63, 3.8) is 0 Å². The number of amides is 1. The van der Waals surface area contributed by atoms with E-state index in [2.05, 4.69) is 15.3 Å². The number of thiophene rings is 1. The maximum Gasteiger partial charge on any atom is 0.259 e. The number of ether oxygens (including phenoxy) is 1. The lowest BCUT2D eigenvalue weighted by atomic mass is 9.97. The summed E-state index contributed by atoms with van der Waals surface area (Å²) in [5.74, 6) is 2.13. The number of thioether (sulfide) groups is 1. The summed E-state index contributed by atoms with van der Waals surface area (Å²) in [4.78, 5) is 34.4. The van der Waals surface area contributed by atoms with Gasteiger partial charge in [-0.3, -0.25) is 9.59 Å². The van der Waals surface area contributed by atoms with Crippen LogP contribution in [0.15, 0.2) is 29.1 Å². The molecule has 0 unspecified atom stereocenters. The molecule has 0 atom stereocenters. The van der Waals surface area contributed by atoms with Gasteiger partial charge in [0.1, 0.15) is 16.4 Å². The molecule has 2 aromatic heterocycles. The summed E-state index contributed by atoms with van der Waals surface area (Å²) in [5.41, 5.74) is 2.08. The molecule has 0 aliphatic heterocycles. The Bertz CT molecular complexity index is 1090. The highest BCUT2D eigenvalue weighted by atomic mass is 32.2. The minimum atomic E-state index is -0.0593. The predicted molar refractivity (Wildman–Crippen MR) is 118 cm³/mol. The van der Waals surface area contributed by atoms with Crippen LogP contribution in [-0.2, 0) is 29.9 Å². The Morgan fingerprint density at radius 1 is 1.31 bits per heavy atom. The Morgan fingerprint density at radius 2 is 2.14 bits per heavy atom. The Kier molecular flexibility index (Phi) is 6.20. The smallest absolute Gasteiger partial charge is 0.259 e. The van der Waals surface area contributed by atoms with Gasteiger partial charge in [0.05, 0.1) is 24.0 Å². The Hall–Kier alpha value is -2.32. The number of methoxy groups -OCH3 is 1. The van der Waals surface area contributed by atoms with Gasteiger partial charge in [-0.05, 0) is 37.3 Å². The van der Waals surface area contributed by atoms with Crippen LogP contribution in [0.25, 0.3) is 10.2 Å². The molecular formula is C21H23N3O3S2. The second-order valence-corrected chi connectivity index (χ2v) is 9.05. The van der Waals surface area contributed by atoms with Crippen LogP contribution in [0, 0.1) is 0 Å². The molecule has 4 rings (SSSR count). The molecule has 152 valence electrons. The highest BCUT2D eigenvalue weighted by Crippen LogP contribution is 2.33. The van der Waals surface area contributed by atoms with Crippen molar-refractivity contribution in [2.45, 2.75) is 38.0 Å². The number of aromatic amines is 1. The van der Waals surface area contributed by atoms with Crippen LogP contribution < -0.4 is 15.6 Å². The summed E-state index contributed by atoms with van der Waals surface area (Å²) in [5, 5.41) is 3.68. The highest BCUT2D eigenvalue weighted by Gasteiger charge is 2.19. The van der Waals surface area contributed by atoms with E-state index >= 15 is 0 Å². The number of rotatable bonds is 7. The molecule has 0 saturated heterocycles. The molecule has 6 nitrogen and oxygen atoms in total. The summed E-state index contributed by atoms with van der Waals surface area (Å²) < 4.78 is 5.30. The first kappa shape index (κ1) is 20.0. The number of nitrogens with zero attached hydrogens (tertiary/aromatic N) is 1. The van der Waals surface area contributed by atoms with Gasteiger partial charge in [-0.15, -0.1) is 23.1 Å². The second-order valence-electron chi connectivity index (χ2n) is 6.99. The molecule has 0 fully saturated rings. The quantitative estimate of drug-likeness (QED) is 0.601. The van der Waals surface area contributed by atoms with Crippen LogP contribution in [0.3, 0.4) is 0 Å². The van der Waals surface area contributed by atoms with Gasteiger partial charge in [-0.2, -0.15) is 0 Å². The average molecular weight is 430 g/mol. The number of aryl methyl sites for hydroxylation is 2. The standard InChI is InChI=1S/C21H23N3O3S2/c1-27-15-8-4-2-6-13(15)10-22-18(25)12-28-11-17-23-20(26)19-14-7-3-5-9-16(14)29-21(19)24-17/h2,4,6,8H,3,5,7,9-12H2,1H3,(H,22,25)(H,23,24,26). The number of carbonyl (C=O) groups is 1. The van der Waals surface area contributed by atoms with Crippen LogP contribution in [0.1, 0.15) is 34.7 Å². The summed E-state index contributed by atoms with van der Waals surface area (Å²) in [6.45, 7) is 0.422.